The zero-order chi connectivity index (χ0) is 21.4. The predicted molar refractivity (Wildman–Crippen MR) is 115 cm³/mol. The lowest BCUT2D eigenvalue weighted by Gasteiger charge is -2.19. The fraction of sp³-hybridized carbons (Fsp3) is 0.261. The Morgan fingerprint density at radius 2 is 1.70 bits per heavy atom. The average molecular weight is 444 g/mol. The molecule has 2 aromatic carbocycles. The Balaban J connectivity index is 1.59. The Morgan fingerprint density at radius 1 is 1.03 bits per heavy atom. The molecular weight excluding hydrogens is 425 g/mol. The van der Waals surface area contributed by atoms with Crippen molar-refractivity contribution < 1.29 is 19.1 Å². The van der Waals surface area contributed by atoms with E-state index in [9.17, 15) is 14.4 Å². The van der Waals surface area contributed by atoms with Crippen LogP contribution in [0.1, 0.15) is 25.3 Å². The molecule has 1 aliphatic carbocycles. The van der Waals surface area contributed by atoms with E-state index in [2.05, 4.69) is 0 Å². The number of benzene rings is 2. The fourth-order valence-corrected chi connectivity index (χ4v) is 4.25. The van der Waals surface area contributed by atoms with E-state index in [4.69, 9.17) is 27.9 Å². The molecule has 0 spiro atoms. The molecule has 2 aromatic rings. The van der Waals surface area contributed by atoms with Gasteiger partial charge in [-0.1, -0.05) is 47.0 Å². The third kappa shape index (κ3) is 4.00. The van der Waals surface area contributed by atoms with Crippen LogP contribution in [0.4, 0.5) is 5.69 Å². The van der Waals surface area contributed by atoms with Crippen LogP contribution >= 0.6 is 23.2 Å². The summed E-state index contributed by atoms with van der Waals surface area (Å²) in [6.07, 6.45) is 3.11. The van der Waals surface area contributed by atoms with E-state index in [-0.39, 0.29) is 35.6 Å². The first-order valence-corrected chi connectivity index (χ1v) is 10.4. The molecule has 4 rings (SSSR count). The lowest BCUT2D eigenvalue weighted by molar-refractivity contribution is -0.133. The standard InChI is InChI=1S/C23H19Cl2NO4/c1-13-2-8-17-18(10-13)23(29)26(22(17)28)19-12-16(25)7-9-20(19)30-21(27)11-14-3-5-15(24)6-4-14/h2-7,9,12,17-18H,8,10-11H2,1H3. The number of carbonyl (C=O) groups excluding carboxylic acids is 3. The minimum absolute atomic E-state index is 0.0233. The number of imide groups is 1. The number of anilines is 1. The van der Waals surface area contributed by atoms with Gasteiger partial charge in [-0.15, -0.1) is 0 Å². The zero-order valence-corrected chi connectivity index (χ0v) is 17.7. The Bertz CT molecular complexity index is 1060. The fourth-order valence-electron chi connectivity index (χ4n) is 3.95. The molecule has 7 heteroatoms. The zero-order valence-electron chi connectivity index (χ0n) is 16.2. The van der Waals surface area contributed by atoms with E-state index >= 15 is 0 Å². The average Bonchev–Trinajstić information content (AvgIpc) is 2.95. The normalized spacial score (nSPS) is 20.8. The molecule has 30 heavy (non-hydrogen) atoms. The van der Waals surface area contributed by atoms with E-state index in [0.717, 1.165) is 16.0 Å². The first-order chi connectivity index (χ1) is 14.3. The largest absolute Gasteiger partial charge is 0.424 e. The SMILES string of the molecule is CC1=CCC2C(=O)N(c3cc(Cl)ccc3OC(=O)Cc3ccc(Cl)cc3)C(=O)C2C1. The summed E-state index contributed by atoms with van der Waals surface area (Å²) in [5.74, 6) is -1.74. The number of hydrogen-bond acceptors (Lipinski definition) is 4. The van der Waals surface area contributed by atoms with Crippen molar-refractivity contribution in [3.05, 3.63) is 69.7 Å². The lowest BCUT2D eigenvalue weighted by Crippen LogP contribution is -2.31. The van der Waals surface area contributed by atoms with Gasteiger partial charge in [0.15, 0.2) is 5.75 Å². The highest BCUT2D eigenvalue weighted by molar-refractivity contribution is 6.31. The molecule has 1 heterocycles. The highest BCUT2D eigenvalue weighted by atomic mass is 35.5. The Hall–Kier alpha value is -2.63. The van der Waals surface area contributed by atoms with E-state index in [1.165, 1.54) is 12.1 Å². The van der Waals surface area contributed by atoms with Gasteiger partial charge in [0, 0.05) is 10.0 Å². The molecular formula is C23H19Cl2NO4. The van der Waals surface area contributed by atoms with Gasteiger partial charge in [0.1, 0.15) is 0 Å². The number of amides is 2. The quantitative estimate of drug-likeness (QED) is 0.289. The summed E-state index contributed by atoms with van der Waals surface area (Å²) in [7, 11) is 0. The molecule has 1 saturated heterocycles. The van der Waals surface area contributed by atoms with Crippen LogP contribution in [-0.2, 0) is 20.8 Å². The van der Waals surface area contributed by atoms with Gasteiger partial charge in [0.05, 0.1) is 23.9 Å². The number of rotatable bonds is 4. The number of hydrogen-bond donors (Lipinski definition) is 0. The Kier molecular flexibility index (Phi) is 5.67. The van der Waals surface area contributed by atoms with Crippen molar-refractivity contribution in [2.24, 2.45) is 11.8 Å². The van der Waals surface area contributed by atoms with Crippen LogP contribution in [0, 0.1) is 11.8 Å². The molecule has 0 bridgehead atoms. The van der Waals surface area contributed by atoms with Crippen molar-refractivity contribution in [3.8, 4) is 5.75 Å². The molecule has 1 fully saturated rings. The summed E-state index contributed by atoms with van der Waals surface area (Å²) >= 11 is 12.0. The number of ether oxygens (including phenoxy) is 1. The van der Waals surface area contributed by atoms with E-state index in [1.54, 1.807) is 30.3 Å². The third-order valence-corrected chi connectivity index (χ3v) is 5.96. The van der Waals surface area contributed by atoms with E-state index in [0.29, 0.717) is 22.9 Å². The van der Waals surface area contributed by atoms with Gasteiger partial charge in [-0.25, -0.2) is 4.90 Å². The molecule has 2 amide bonds. The van der Waals surface area contributed by atoms with Crippen molar-refractivity contribution in [1.82, 2.24) is 0 Å². The van der Waals surface area contributed by atoms with Gasteiger partial charge in [-0.05, 0) is 55.7 Å². The van der Waals surface area contributed by atoms with Crippen molar-refractivity contribution in [2.75, 3.05) is 4.90 Å². The minimum atomic E-state index is -0.519. The van der Waals surface area contributed by atoms with Gasteiger partial charge in [-0.3, -0.25) is 14.4 Å². The predicted octanol–water partition coefficient (Wildman–Crippen LogP) is 4.99. The van der Waals surface area contributed by atoms with Gasteiger partial charge >= 0.3 is 5.97 Å². The van der Waals surface area contributed by atoms with Gasteiger partial charge in [0.25, 0.3) is 0 Å². The summed E-state index contributed by atoms with van der Waals surface area (Å²) in [6, 6.07) is 11.4. The molecule has 154 valence electrons. The van der Waals surface area contributed by atoms with Gasteiger partial charge in [-0.2, -0.15) is 0 Å². The first kappa shape index (κ1) is 20.6. The molecule has 1 aliphatic heterocycles. The maximum atomic E-state index is 13.1. The topological polar surface area (TPSA) is 63.7 Å². The summed E-state index contributed by atoms with van der Waals surface area (Å²) in [5.41, 5.74) is 2.04. The maximum Gasteiger partial charge on any atom is 0.315 e. The number of allylic oxidation sites excluding steroid dienone is 2. The van der Waals surface area contributed by atoms with Crippen molar-refractivity contribution >= 4 is 46.7 Å². The Morgan fingerprint density at radius 3 is 2.43 bits per heavy atom. The van der Waals surface area contributed by atoms with Crippen LogP contribution in [0.3, 0.4) is 0 Å². The molecule has 5 nitrogen and oxygen atoms in total. The number of carbonyl (C=O) groups is 3. The smallest absolute Gasteiger partial charge is 0.315 e. The first-order valence-electron chi connectivity index (χ1n) is 9.61. The number of halogens is 2. The van der Waals surface area contributed by atoms with Crippen molar-refractivity contribution in [1.29, 1.82) is 0 Å². The monoisotopic (exact) mass is 443 g/mol. The second kappa shape index (κ2) is 8.25. The van der Waals surface area contributed by atoms with Crippen LogP contribution in [0.2, 0.25) is 10.0 Å². The highest BCUT2D eigenvalue weighted by Crippen LogP contribution is 2.43. The molecule has 0 aromatic heterocycles. The van der Waals surface area contributed by atoms with Gasteiger partial charge in [0.2, 0.25) is 11.8 Å². The van der Waals surface area contributed by atoms with Crippen molar-refractivity contribution in [2.45, 2.75) is 26.2 Å². The minimum Gasteiger partial charge on any atom is -0.424 e. The molecule has 0 N–H and O–H groups in total. The van der Waals surface area contributed by atoms with Crippen LogP contribution in [0.5, 0.6) is 5.75 Å². The van der Waals surface area contributed by atoms with Crippen LogP contribution in [0.25, 0.3) is 0 Å². The van der Waals surface area contributed by atoms with Gasteiger partial charge < -0.3 is 4.74 Å². The number of nitrogens with zero attached hydrogens (tertiary/aromatic N) is 1. The molecule has 2 atom stereocenters. The molecule has 0 saturated carbocycles. The third-order valence-electron chi connectivity index (χ3n) is 5.47. The van der Waals surface area contributed by atoms with Crippen LogP contribution in [0.15, 0.2) is 54.1 Å². The number of fused-ring (bicyclic) bond motifs is 1. The van der Waals surface area contributed by atoms with E-state index < -0.39 is 11.9 Å². The highest BCUT2D eigenvalue weighted by Gasteiger charge is 2.49. The lowest BCUT2D eigenvalue weighted by atomic mass is 9.82. The van der Waals surface area contributed by atoms with Crippen LogP contribution < -0.4 is 9.64 Å². The molecule has 2 aliphatic rings. The summed E-state index contributed by atoms with van der Waals surface area (Å²) in [5, 5.41) is 0.914. The molecule has 0 radical (unpaired) electrons. The molecule has 2 unspecified atom stereocenters. The van der Waals surface area contributed by atoms with E-state index in [1.807, 2.05) is 13.0 Å². The maximum absolute atomic E-state index is 13.1. The number of esters is 1. The van der Waals surface area contributed by atoms with Crippen molar-refractivity contribution in [3.63, 3.8) is 0 Å². The Labute approximate surface area is 184 Å². The second-order valence-electron chi connectivity index (χ2n) is 7.60. The van der Waals surface area contributed by atoms with Crippen LogP contribution in [-0.4, -0.2) is 17.8 Å². The summed E-state index contributed by atoms with van der Waals surface area (Å²) in [4.78, 5) is 39.7. The second-order valence-corrected chi connectivity index (χ2v) is 8.48. The summed E-state index contributed by atoms with van der Waals surface area (Å²) in [6.45, 7) is 1.96. The summed E-state index contributed by atoms with van der Waals surface area (Å²) < 4.78 is 5.53.